The Balaban J connectivity index is 1.54. The Bertz CT molecular complexity index is 539. The predicted octanol–water partition coefficient (Wildman–Crippen LogP) is 1.38. The van der Waals surface area contributed by atoms with Gasteiger partial charge < -0.3 is 15.4 Å². The molecule has 2 aliphatic rings. The highest BCUT2D eigenvalue weighted by Gasteiger charge is 2.29. The maximum Gasteiger partial charge on any atom is 0.273 e. The molecule has 1 amide bonds. The molecule has 2 saturated heterocycles. The minimum atomic E-state index is -0.136. The monoisotopic (exact) mass is 335 g/mol. The van der Waals surface area contributed by atoms with E-state index in [0.717, 1.165) is 45.4 Å². The Morgan fingerprint density at radius 2 is 2.21 bits per heavy atom. The molecule has 1 aromatic rings. The third kappa shape index (κ3) is 4.13. The van der Waals surface area contributed by atoms with Crippen molar-refractivity contribution in [1.82, 2.24) is 25.6 Å². The van der Waals surface area contributed by atoms with E-state index in [2.05, 4.69) is 34.8 Å². The molecule has 2 unspecified atom stereocenters. The van der Waals surface area contributed by atoms with Gasteiger partial charge in [-0.05, 0) is 44.7 Å². The minimum Gasteiger partial charge on any atom is -0.378 e. The van der Waals surface area contributed by atoms with Crippen LogP contribution in [0.1, 0.15) is 56.1 Å². The van der Waals surface area contributed by atoms with Crippen molar-refractivity contribution in [2.45, 2.75) is 51.7 Å². The molecule has 3 heterocycles. The molecule has 0 aliphatic carbocycles. The van der Waals surface area contributed by atoms with Crippen molar-refractivity contribution in [3.05, 3.63) is 11.9 Å². The van der Waals surface area contributed by atoms with Crippen LogP contribution in [0.3, 0.4) is 0 Å². The summed E-state index contributed by atoms with van der Waals surface area (Å²) in [6.45, 7) is 7.80. The van der Waals surface area contributed by atoms with Gasteiger partial charge in [-0.3, -0.25) is 4.79 Å². The summed E-state index contributed by atoms with van der Waals surface area (Å²) in [5, 5.41) is 14.6. The molecule has 0 aromatic carbocycles. The number of hydrogen-bond donors (Lipinski definition) is 2. The normalized spacial score (nSPS) is 25.8. The average Bonchev–Trinajstić information content (AvgIpc) is 3.11. The fourth-order valence-electron chi connectivity index (χ4n) is 3.77. The molecule has 0 spiro atoms. The summed E-state index contributed by atoms with van der Waals surface area (Å²) in [6.07, 6.45) is 6.23. The summed E-state index contributed by atoms with van der Waals surface area (Å²) in [4.78, 5) is 12.4. The highest BCUT2D eigenvalue weighted by atomic mass is 16.5. The summed E-state index contributed by atoms with van der Waals surface area (Å²) in [5.74, 6) is 0.707. The highest BCUT2D eigenvalue weighted by Crippen LogP contribution is 2.25. The molecular weight excluding hydrogens is 306 g/mol. The number of ether oxygens (including phenoxy) is 1. The number of rotatable bonds is 5. The molecule has 0 radical (unpaired) electrons. The van der Waals surface area contributed by atoms with Gasteiger partial charge in [0.15, 0.2) is 5.69 Å². The van der Waals surface area contributed by atoms with Crippen LogP contribution in [0.15, 0.2) is 6.20 Å². The highest BCUT2D eigenvalue weighted by molar-refractivity contribution is 5.91. The summed E-state index contributed by atoms with van der Waals surface area (Å²) < 4.78 is 7.73. The van der Waals surface area contributed by atoms with Crippen LogP contribution >= 0.6 is 0 Å². The molecule has 7 nitrogen and oxygen atoms in total. The van der Waals surface area contributed by atoms with Crippen molar-refractivity contribution in [3.8, 4) is 0 Å². The molecule has 2 fully saturated rings. The van der Waals surface area contributed by atoms with Gasteiger partial charge in [-0.1, -0.05) is 19.1 Å². The fourth-order valence-corrected chi connectivity index (χ4v) is 3.77. The van der Waals surface area contributed by atoms with Gasteiger partial charge in [0, 0.05) is 19.1 Å². The van der Waals surface area contributed by atoms with Crippen molar-refractivity contribution in [2.24, 2.45) is 11.8 Å². The first-order chi connectivity index (χ1) is 11.6. The smallest absolute Gasteiger partial charge is 0.273 e. The average molecular weight is 335 g/mol. The van der Waals surface area contributed by atoms with Gasteiger partial charge in [0.25, 0.3) is 5.91 Å². The molecule has 7 heteroatoms. The number of piperidine rings is 1. The van der Waals surface area contributed by atoms with Gasteiger partial charge in [0.2, 0.25) is 0 Å². The molecule has 3 rings (SSSR count). The van der Waals surface area contributed by atoms with E-state index in [4.69, 9.17) is 4.74 Å². The van der Waals surface area contributed by atoms with Gasteiger partial charge >= 0.3 is 0 Å². The Hall–Kier alpha value is -1.47. The molecule has 24 heavy (non-hydrogen) atoms. The quantitative estimate of drug-likeness (QED) is 0.850. The molecule has 134 valence electrons. The van der Waals surface area contributed by atoms with E-state index in [9.17, 15) is 4.79 Å². The lowest BCUT2D eigenvalue weighted by Gasteiger charge is -2.34. The molecule has 1 aromatic heterocycles. The van der Waals surface area contributed by atoms with Gasteiger partial charge in [0.1, 0.15) is 0 Å². The standard InChI is InChI=1S/C17H29N5O2/c1-12(2)16-13(4-3-9-24-16)10-19-17(23)15-11-22(21-20-15)14-5-7-18-8-6-14/h11-14,16,18H,3-10H2,1-2H3,(H,19,23). The van der Waals surface area contributed by atoms with Crippen LogP contribution in [0.5, 0.6) is 0 Å². The lowest BCUT2D eigenvalue weighted by atomic mass is 9.87. The van der Waals surface area contributed by atoms with Crippen LogP contribution in [0.25, 0.3) is 0 Å². The Labute approximate surface area is 143 Å². The molecule has 0 bridgehead atoms. The van der Waals surface area contributed by atoms with Crippen LogP contribution in [0.4, 0.5) is 0 Å². The van der Waals surface area contributed by atoms with E-state index in [1.165, 1.54) is 0 Å². The topological polar surface area (TPSA) is 81.1 Å². The number of carbonyl (C=O) groups is 1. The molecular formula is C17H29N5O2. The van der Waals surface area contributed by atoms with Gasteiger partial charge in [0.05, 0.1) is 18.3 Å². The van der Waals surface area contributed by atoms with Crippen LogP contribution in [0.2, 0.25) is 0 Å². The van der Waals surface area contributed by atoms with Crippen molar-refractivity contribution in [1.29, 1.82) is 0 Å². The predicted molar refractivity (Wildman–Crippen MR) is 90.8 cm³/mol. The number of amides is 1. The van der Waals surface area contributed by atoms with Gasteiger partial charge in [-0.25, -0.2) is 4.68 Å². The van der Waals surface area contributed by atoms with Gasteiger partial charge in [-0.15, -0.1) is 5.10 Å². The number of nitrogens with one attached hydrogen (secondary N) is 2. The zero-order valence-electron chi connectivity index (χ0n) is 14.7. The largest absolute Gasteiger partial charge is 0.378 e. The zero-order valence-corrected chi connectivity index (χ0v) is 14.7. The van der Waals surface area contributed by atoms with Crippen molar-refractivity contribution < 1.29 is 9.53 Å². The third-order valence-corrected chi connectivity index (χ3v) is 5.10. The van der Waals surface area contributed by atoms with Crippen LogP contribution < -0.4 is 10.6 Å². The second kappa shape index (κ2) is 8.07. The van der Waals surface area contributed by atoms with E-state index < -0.39 is 0 Å². The molecule has 0 saturated carbocycles. The van der Waals surface area contributed by atoms with Crippen LogP contribution in [-0.4, -0.2) is 53.2 Å². The van der Waals surface area contributed by atoms with E-state index in [1.54, 1.807) is 6.20 Å². The van der Waals surface area contributed by atoms with Crippen LogP contribution in [0, 0.1) is 11.8 Å². The summed E-state index contributed by atoms with van der Waals surface area (Å²) in [7, 11) is 0. The minimum absolute atomic E-state index is 0.136. The van der Waals surface area contributed by atoms with E-state index >= 15 is 0 Å². The first-order valence-electron chi connectivity index (χ1n) is 9.17. The lowest BCUT2D eigenvalue weighted by Crippen LogP contribution is -2.41. The Kier molecular flexibility index (Phi) is 5.84. The number of aromatic nitrogens is 3. The first-order valence-corrected chi connectivity index (χ1v) is 9.17. The zero-order chi connectivity index (χ0) is 16.9. The van der Waals surface area contributed by atoms with Crippen LogP contribution in [-0.2, 0) is 4.74 Å². The van der Waals surface area contributed by atoms with Crippen molar-refractivity contribution >= 4 is 5.91 Å². The number of hydrogen-bond acceptors (Lipinski definition) is 5. The van der Waals surface area contributed by atoms with Gasteiger partial charge in [-0.2, -0.15) is 0 Å². The maximum atomic E-state index is 12.4. The van der Waals surface area contributed by atoms with Crippen molar-refractivity contribution in [3.63, 3.8) is 0 Å². The first kappa shape index (κ1) is 17.4. The number of nitrogens with zero attached hydrogens (tertiary/aromatic N) is 3. The lowest BCUT2D eigenvalue weighted by molar-refractivity contribution is -0.0510. The maximum absolute atomic E-state index is 12.4. The van der Waals surface area contributed by atoms with E-state index in [0.29, 0.717) is 30.1 Å². The molecule has 2 N–H and O–H groups in total. The summed E-state index contributed by atoms with van der Waals surface area (Å²) >= 11 is 0. The SMILES string of the molecule is CC(C)C1OCCCC1CNC(=O)c1cn(C2CCNCC2)nn1. The fraction of sp³-hybridized carbons (Fsp3) is 0.824. The van der Waals surface area contributed by atoms with E-state index in [1.807, 2.05) is 4.68 Å². The third-order valence-electron chi connectivity index (χ3n) is 5.10. The second-order valence-corrected chi connectivity index (χ2v) is 7.26. The number of carbonyl (C=O) groups excluding carboxylic acids is 1. The summed E-state index contributed by atoms with van der Waals surface area (Å²) in [6, 6.07) is 0.345. The Morgan fingerprint density at radius 3 is 2.96 bits per heavy atom. The summed E-state index contributed by atoms with van der Waals surface area (Å²) in [5.41, 5.74) is 0.409. The van der Waals surface area contributed by atoms with Crippen molar-refractivity contribution in [2.75, 3.05) is 26.2 Å². The second-order valence-electron chi connectivity index (χ2n) is 7.26. The molecule has 2 atom stereocenters. The van der Waals surface area contributed by atoms with E-state index in [-0.39, 0.29) is 12.0 Å². The molecule has 2 aliphatic heterocycles. The Morgan fingerprint density at radius 1 is 1.42 bits per heavy atom.